The number of hydrogen-bond donors (Lipinski definition) is 0. The second-order valence-electron chi connectivity index (χ2n) is 6.06. The van der Waals surface area contributed by atoms with Gasteiger partial charge in [0, 0.05) is 37.4 Å². The second-order valence-corrected chi connectivity index (χ2v) is 7.05. The van der Waals surface area contributed by atoms with Gasteiger partial charge in [0.05, 0.1) is 12.0 Å². The second kappa shape index (κ2) is 7.71. The third kappa shape index (κ3) is 3.90. The molecule has 0 radical (unpaired) electrons. The van der Waals surface area contributed by atoms with E-state index in [9.17, 15) is 14.4 Å². The SMILES string of the molecule is COC(=O)CN1C(=O)S/C(=C\c2cccn2-c2ccc(N(C)C)cc2)C1=O. The Balaban J connectivity index is 1.87. The molecule has 0 aliphatic carbocycles. The van der Waals surface area contributed by atoms with E-state index in [2.05, 4.69) is 4.74 Å². The summed E-state index contributed by atoms with van der Waals surface area (Å²) in [6.45, 7) is -0.383. The van der Waals surface area contributed by atoms with Crippen molar-refractivity contribution in [3.63, 3.8) is 0 Å². The highest BCUT2D eigenvalue weighted by Crippen LogP contribution is 2.32. The Kier molecular flexibility index (Phi) is 5.36. The molecule has 8 heteroatoms. The number of imide groups is 1. The molecule has 3 rings (SSSR count). The third-order valence-electron chi connectivity index (χ3n) is 4.09. The van der Waals surface area contributed by atoms with E-state index < -0.39 is 17.1 Å². The zero-order valence-corrected chi connectivity index (χ0v) is 16.0. The summed E-state index contributed by atoms with van der Waals surface area (Å²) in [4.78, 5) is 39.1. The maximum Gasteiger partial charge on any atom is 0.325 e. The molecule has 1 saturated heterocycles. The van der Waals surface area contributed by atoms with Gasteiger partial charge in [-0.05, 0) is 54.2 Å². The Morgan fingerprint density at radius 3 is 2.52 bits per heavy atom. The molecule has 0 N–H and O–H groups in total. The van der Waals surface area contributed by atoms with Crippen molar-refractivity contribution in [3.8, 4) is 5.69 Å². The van der Waals surface area contributed by atoms with Crippen molar-refractivity contribution in [1.82, 2.24) is 9.47 Å². The molecule has 1 aliphatic heterocycles. The van der Waals surface area contributed by atoms with Gasteiger partial charge in [0.15, 0.2) is 0 Å². The molecule has 7 nitrogen and oxygen atoms in total. The Hall–Kier alpha value is -3.00. The summed E-state index contributed by atoms with van der Waals surface area (Å²) >= 11 is 0.814. The molecular weight excluding hydrogens is 366 g/mol. The van der Waals surface area contributed by atoms with Crippen molar-refractivity contribution >= 4 is 40.6 Å². The summed E-state index contributed by atoms with van der Waals surface area (Å²) in [7, 11) is 5.16. The van der Waals surface area contributed by atoms with Crippen LogP contribution in [0.5, 0.6) is 0 Å². The zero-order chi connectivity index (χ0) is 19.6. The quantitative estimate of drug-likeness (QED) is 0.582. The molecule has 140 valence electrons. The van der Waals surface area contributed by atoms with Crippen LogP contribution in [0.3, 0.4) is 0 Å². The Morgan fingerprint density at radius 1 is 1.19 bits per heavy atom. The molecule has 0 spiro atoms. The van der Waals surface area contributed by atoms with Gasteiger partial charge < -0.3 is 14.2 Å². The number of nitrogens with zero attached hydrogens (tertiary/aromatic N) is 3. The van der Waals surface area contributed by atoms with Crippen LogP contribution in [0.15, 0.2) is 47.5 Å². The van der Waals surface area contributed by atoms with Crippen LogP contribution < -0.4 is 4.90 Å². The molecule has 0 bridgehead atoms. The van der Waals surface area contributed by atoms with Crippen LogP contribution in [0.2, 0.25) is 0 Å². The summed E-state index contributed by atoms with van der Waals surface area (Å²) in [6.07, 6.45) is 3.54. The van der Waals surface area contributed by atoms with Crippen molar-refractivity contribution in [2.45, 2.75) is 0 Å². The van der Waals surface area contributed by atoms with Gasteiger partial charge in [0.25, 0.3) is 11.1 Å². The van der Waals surface area contributed by atoms with E-state index in [4.69, 9.17) is 0 Å². The molecule has 2 aromatic rings. The van der Waals surface area contributed by atoms with E-state index in [0.29, 0.717) is 0 Å². The first-order chi connectivity index (χ1) is 12.9. The van der Waals surface area contributed by atoms with Crippen LogP contribution in [-0.2, 0) is 14.3 Å². The maximum absolute atomic E-state index is 12.5. The van der Waals surface area contributed by atoms with Gasteiger partial charge in [-0.1, -0.05) is 0 Å². The summed E-state index contributed by atoms with van der Waals surface area (Å²) in [6, 6.07) is 11.7. The first-order valence-electron chi connectivity index (χ1n) is 8.18. The zero-order valence-electron chi connectivity index (χ0n) is 15.2. The number of esters is 1. The Bertz CT molecular complexity index is 915. The number of thioether (sulfide) groups is 1. The van der Waals surface area contributed by atoms with Crippen LogP contribution in [0, 0.1) is 0 Å². The van der Waals surface area contributed by atoms with Gasteiger partial charge in [-0.25, -0.2) is 0 Å². The Labute approximate surface area is 161 Å². The van der Waals surface area contributed by atoms with Crippen LogP contribution in [0.4, 0.5) is 10.5 Å². The minimum absolute atomic E-state index is 0.272. The summed E-state index contributed by atoms with van der Waals surface area (Å²) in [5.41, 5.74) is 2.78. The van der Waals surface area contributed by atoms with Crippen LogP contribution in [0.25, 0.3) is 11.8 Å². The average Bonchev–Trinajstić information content (AvgIpc) is 3.22. The lowest BCUT2D eigenvalue weighted by molar-refractivity contribution is -0.143. The monoisotopic (exact) mass is 385 g/mol. The number of hydrogen-bond acceptors (Lipinski definition) is 6. The molecule has 1 aliphatic rings. The molecular formula is C19H19N3O4S. The van der Waals surface area contributed by atoms with Gasteiger partial charge in [-0.3, -0.25) is 19.3 Å². The van der Waals surface area contributed by atoms with Gasteiger partial charge in [-0.15, -0.1) is 0 Å². The minimum atomic E-state index is -0.636. The van der Waals surface area contributed by atoms with E-state index >= 15 is 0 Å². The van der Waals surface area contributed by atoms with Gasteiger partial charge >= 0.3 is 5.97 Å². The number of methoxy groups -OCH3 is 1. The normalized spacial score (nSPS) is 15.5. The molecule has 0 saturated carbocycles. The lowest BCUT2D eigenvalue weighted by Gasteiger charge is -2.14. The number of carbonyl (C=O) groups is 3. The van der Waals surface area contributed by atoms with E-state index in [-0.39, 0.29) is 11.4 Å². The van der Waals surface area contributed by atoms with E-state index in [0.717, 1.165) is 33.7 Å². The highest BCUT2D eigenvalue weighted by atomic mass is 32.2. The maximum atomic E-state index is 12.5. The third-order valence-corrected chi connectivity index (χ3v) is 5.00. The van der Waals surface area contributed by atoms with Crippen molar-refractivity contribution < 1.29 is 19.1 Å². The van der Waals surface area contributed by atoms with Crippen LogP contribution in [-0.4, -0.2) is 54.3 Å². The van der Waals surface area contributed by atoms with E-state index in [1.807, 2.05) is 66.2 Å². The van der Waals surface area contributed by atoms with Gasteiger partial charge in [0.2, 0.25) is 0 Å². The van der Waals surface area contributed by atoms with Crippen molar-refractivity contribution in [2.75, 3.05) is 32.6 Å². The molecule has 27 heavy (non-hydrogen) atoms. The van der Waals surface area contributed by atoms with E-state index in [1.165, 1.54) is 7.11 Å². The van der Waals surface area contributed by atoms with Crippen LogP contribution in [0.1, 0.15) is 5.69 Å². The molecule has 0 unspecified atom stereocenters. The number of carbonyl (C=O) groups excluding carboxylic acids is 3. The van der Waals surface area contributed by atoms with Crippen molar-refractivity contribution in [2.24, 2.45) is 0 Å². The molecule has 2 amide bonds. The number of anilines is 1. The largest absolute Gasteiger partial charge is 0.468 e. The number of benzene rings is 1. The van der Waals surface area contributed by atoms with Gasteiger partial charge in [0.1, 0.15) is 6.54 Å². The first kappa shape index (κ1) is 18.8. The minimum Gasteiger partial charge on any atom is -0.468 e. The summed E-state index contributed by atoms with van der Waals surface area (Å²) in [5.74, 6) is -1.13. The molecule has 2 heterocycles. The summed E-state index contributed by atoms with van der Waals surface area (Å²) < 4.78 is 6.46. The average molecular weight is 385 g/mol. The van der Waals surface area contributed by atoms with E-state index in [1.54, 1.807) is 6.08 Å². The smallest absolute Gasteiger partial charge is 0.325 e. The van der Waals surface area contributed by atoms with Crippen LogP contribution >= 0.6 is 11.8 Å². The molecule has 1 aromatic heterocycles. The fraction of sp³-hybridized carbons (Fsp3) is 0.211. The first-order valence-corrected chi connectivity index (χ1v) is 8.99. The lowest BCUT2D eigenvalue weighted by Crippen LogP contribution is -2.34. The predicted molar refractivity (Wildman–Crippen MR) is 105 cm³/mol. The summed E-state index contributed by atoms with van der Waals surface area (Å²) in [5, 5.41) is -0.481. The number of amides is 2. The predicted octanol–water partition coefficient (Wildman–Crippen LogP) is 2.75. The molecule has 0 atom stereocenters. The van der Waals surface area contributed by atoms with Crippen molar-refractivity contribution in [1.29, 1.82) is 0 Å². The highest BCUT2D eigenvalue weighted by molar-refractivity contribution is 8.18. The van der Waals surface area contributed by atoms with Gasteiger partial charge in [-0.2, -0.15) is 0 Å². The molecule has 1 aromatic carbocycles. The lowest BCUT2D eigenvalue weighted by atomic mass is 10.2. The topological polar surface area (TPSA) is 71.8 Å². The van der Waals surface area contributed by atoms with Crippen molar-refractivity contribution in [3.05, 3.63) is 53.2 Å². The fourth-order valence-corrected chi connectivity index (χ4v) is 3.45. The number of aromatic nitrogens is 1. The standard InChI is InChI=1S/C19H19N3O4S/c1-20(2)13-6-8-14(9-7-13)21-10-4-5-15(21)11-16-18(24)22(19(25)27-16)12-17(23)26-3/h4-11H,12H2,1-3H3/b16-11-. The number of ether oxygens (including phenoxy) is 1. The fourth-order valence-electron chi connectivity index (χ4n) is 2.62. The highest BCUT2D eigenvalue weighted by Gasteiger charge is 2.36. The Morgan fingerprint density at radius 2 is 1.89 bits per heavy atom. The number of rotatable bonds is 5. The molecule has 1 fully saturated rings.